The zero-order chi connectivity index (χ0) is 16.7. The van der Waals surface area contributed by atoms with E-state index in [1.807, 2.05) is 32.0 Å². The molecule has 1 unspecified atom stereocenters. The second-order valence-electron chi connectivity index (χ2n) is 6.29. The van der Waals surface area contributed by atoms with E-state index >= 15 is 0 Å². The molecule has 1 N–H and O–H groups in total. The monoisotopic (exact) mass is 305 g/mol. The number of benzene rings is 1. The fourth-order valence-corrected chi connectivity index (χ4v) is 2.63. The minimum absolute atomic E-state index is 0.00966. The number of rotatable bonds is 8. The van der Waals surface area contributed by atoms with Crippen LogP contribution < -0.4 is 0 Å². The van der Waals surface area contributed by atoms with Gasteiger partial charge in [-0.05, 0) is 31.2 Å². The van der Waals surface area contributed by atoms with Gasteiger partial charge < -0.3 is 10.0 Å². The first-order chi connectivity index (χ1) is 10.3. The van der Waals surface area contributed by atoms with Crippen LogP contribution in [0.2, 0.25) is 0 Å². The van der Waals surface area contributed by atoms with Crippen LogP contribution in [0.15, 0.2) is 30.3 Å². The van der Waals surface area contributed by atoms with Gasteiger partial charge in [0.2, 0.25) is 5.91 Å². The molecule has 0 saturated carbocycles. The van der Waals surface area contributed by atoms with Crippen LogP contribution in [0.3, 0.4) is 0 Å². The maximum atomic E-state index is 12.6. The van der Waals surface area contributed by atoms with Crippen LogP contribution in [0.25, 0.3) is 0 Å². The molecule has 0 spiro atoms. The Balaban J connectivity index is 2.82. The molecule has 0 bridgehead atoms. The molecule has 0 saturated heterocycles. The third kappa shape index (κ3) is 5.51. The summed E-state index contributed by atoms with van der Waals surface area (Å²) in [6.07, 6.45) is 0.404. The highest BCUT2D eigenvalue weighted by molar-refractivity contribution is 5.78. The molecule has 0 aliphatic carbocycles. The third-order valence-electron chi connectivity index (χ3n) is 3.94. The van der Waals surface area contributed by atoms with Gasteiger partial charge in [-0.3, -0.25) is 9.59 Å². The molecule has 1 atom stereocenters. The van der Waals surface area contributed by atoms with Gasteiger partial charge >= 0.3 is 5.97 Å². The van der Waals surface area contributed by atoms with E-state index in [0.29, 0.717) is 12.3 Å². The standard InChI is InChI=1S/C18H27NO3/c1-13(2)16(15-8-6-5-7-9-15)12-17(20)19(14(3)4)11-10-18(21)22/h5-9,13-14,16H,10-12H2,1-4H3,(H,21,22). The first-order valence-corrected chi connectivity index (χ1v) is 7.89. The zero-order valence-corrected chi connectivity index (χ0v) is 14.0. The SMILES string of the molecule is CC(C)C(CC(=O)N(CCC(=O)O)C(C)C)c1ccccc1. The topological polar surface area (TPSA) is 57.6 Å². The van der Waals surface area contributed by atoms with E-state index in [9.17, 15) is 9.59 Å². The summed E-state index contributed by atoms with van der Waals surface area (Å²) in [5.74, 6) is -0.347. The Hall–Kier alpha value is -1.84. The van der Waals surface area contributed by atoms with Crippen molar-refractivity contribution >= 4 is 11.9 Å². The number of hydrogen-bond donors (Lipinski definition) is 1. The molecule has 1 amide bonds. The average molecular weight is 305 g/mol. The van der Waals surface area contributed by atoms with Crippen molar-refractivity contribution in [3.8, 4) is 0 Å². The molecule has 0 aromatic heterocycles. The average Bonchev–Trinajstić information content (AvgIpc) is 2.44. The smallest absolute Gasteiger partial charge is 0.305 e. The quantitative estimate of drug-likeness (QED) is 0.799. The van der Waals surface area contributed by atoms with Crippen LogP contribution in [0.5, 0.6) is 0 Å². The van der Waals surface area contributed by atoms with Crippen LogP contribution >= 0.6 is 0 Å². The van der Waals surface area contributed by atoms with Crippen LogP contribution in [0.1, 0.15) is 52.0 Å². The molecule has 0 radical (unpaired) electrons. The van der Waals surface area contributed by atoms with Gasteiger partial charge in [0.15, 0.2) is 0 Å². The van der Waals surface area contributed by atoms with E-state index in [-0.39, 0.29) is 30.8 Å². The summed E-state index contributed by atoms with van der Waals surface area (Å²) < 4.78 is 0. The van der Waals surface area contributed by atoms with Gasteiger partial charge in [-0.15, -0.1) is 0 Å². The van der Waals surface area contributed by atoms with Crippen molar-refractivity contribution in [1.82, 2.24) is 4.90 Å². The second kappa shape index (κ2) is 8.57. The summed E-state index contributed by atoms with van der Waals surface area (Å²) in [6, 6.07) is 10.1. The van der Waals surface area contributed by atoms with E-state index in [1.54, 1.807) is 4.90 Å². The predicted molar refractivity (Wildman–Crippen MR) is 87.7 cm³/mol. The van der Waals surface area contributed by atoms with Gasteiger partial charge in [0, 0.05) is 19.0 Å². The summed E-state index contributed by atoms with van der Waals surface area (Å²) in [5.41, 5.74) is 1.16. The lowest BCUT2D eigenvalue weighted by Crippen LogP contribution is -2.39. The molecule has 0 aliphatic heterocycles. The number of carbonyl (C=O) groups is 2. The van der Waals surface area contributed by atoms with Crippen molar-refractivity contribution in [3.63, 3.8) is 0 Å². The normalized spacial score (nSPS) is 12.5. The minimum atomic E-state index is -0.873. The molecule has 122 valence electrons. The van der Waals surface area contributed by atoms with Crippen molar-refractivity contribution in [3.05, 3.63) is 35.9 Å². The molecular weight excluding hydrogens is 278 g/mol. The number of hydrogen-bond acceptors (Lipinski definition) is 2. The maximum Gasteiger partial charge on any atom is 0.305 e. The number of carboxylic acid groups (broad SMARTS) is 1. The molecule has 0 heterocycles. The first kappa shape index (κ1) is 18.2. The number of carboxylic acids is 1. The van der Waals surface area contributed by atoms with E-state index in [4.69, 9.17) is 5.11 Å². The van der Waals surface area contributed by atoms with Gasteiger partial charge in [-0.25, -0.2) is 0 Å². The summed E-state index contributed by atoms with van der Waals surface area (Å²) in [6.45, 7) is 8.34. The van der Waals surface area contributed by atoms with Gasteiger partial charge in [0.1, 0.15) is 0 Å². The molecule has 0 fully saturated rings. The highest BCUT2D eigenvalue weighted by Crippen LogP contribution is 2.28. The first-order valence-electron chi connectivity index (χ1n) is 7.89. The lowest BCUT2D eigenvalue weighted by atomic mass is 9.85. The predicted octanol–water partition coefficient (Wildman–Crippen LogP) is 3.53. The number of aliphatic carboxylic acids is 1. The molecule has 1 rings (SSSR count). The van der Waals surface area contributed by atoms with Crippen LogP contribution in [0.4, 0.5) is 0 Å². The van der Waals surface area contributed by atoms with Crippen molar-refractivity contribution < 1.29 is 14.7 Å². The molecular formula is C18H27NO3. The molecule has 0 aliphatic rings. The maximum absolute atomic E-state index is 12.6. The Bertz CT molecular complexity index is 482. The molecule has 1 aromatic carbocycles. The zero-order valence-electron chi connectivity index (χ0n) is 14.0. The van der Waals surface area contributed by atoms with Crippen LogP contribution in [-0.4, -0.2) is 34.5 Å². The van der Waals surface area contributed by atoms with Crippen LogP contribution in [0, 0.1) is 5.92 Å². The number of nitrogens with zero attached hydrogens (tertiary/aromatic N) is 1. The number of amides is 1. The summed E-state index contributed by atoms with van der Waals surface area (Å²) in [7, 11) is 0. The van der Waals surface area contributed by atoms with Crippen molar-refractivity contribution in [2.75, 3.05) is 6.54 Å². The molecule has 4 nitrogen and oxygen atoms in total. The van der Waals surface area contributed by atoms with E-state index in [2.05, 4.69) is 26.0 Å². The Labute approximate surface area is 133 Å². The van der Waals surface area contributed by atoms with Crippen molar-refractivity contribution in [1.29, 1.82) is 0 Å². The van der Waals surface area contributed by atoms with Crippen molar-refractivity contribution in [2.45, 2.75) is 52.5 Å². The Morgan fingerprint density at radius 3 is 2.14 bits per heavy atom. The fraction of sp³-hybridized carbons (Fsp3) is 0.556. The lowest BCUT2D eigenvalue weighted by molar-refractivity contribution is -0.139. The largest absolute Gasteiger partial charge is 0.481 e. The molecule has 1 aromatic rings. The number of carbonyl (C=O) groups excluding carboxylic acids is 1. The Kier molecular flexibility index (Phi) is 7.09. The van der Waals surface area contributed by atoms with Gasteiger partial charge in [0.25, 0.3) is 0 Å². The van der Waals surface area contributed by atoms with Crippen LogP contribution in [-0.2, 0) is 9.59 Å². The Morgan fingerprint density at radius 1 is 1.09 bits per heavy atom. The molecule has 4 heteroatoms. The summed E-state index contributed by atoms with van der Waals surface area (Å²) in [5, 5.41) is 8.84. The van der Waals surface area contributed by atoms with E-state index < -0.39 is 5.97 Å². The van der Waals surface area contributed by atoms with Gasteiger partial charge in [-0.1, -0.05) is 44.2 Å². The van der Waals surface area contributed by atoms with E-state index in [0.717, 1.165) is 5.56 Å². The summed E-state index contributed by atoms with van der Waals surface area (Å²) in [4.78, 5) is 25.1. The van der Waals surface area contributed by atoms with E-state index in [1.165, 1.54) is 0 Å². The highest BCUT2D eigenvalue weighted by Gasteiger charge is 2.24. The summed E-state index contributed by atoms with van der Waals surface area (Å²) >= 11 is 0. The Morgan fingerprint density at radius 2 is 1.68 bits per heavy atom. The lowest BCUT2D eigenvalue weighted by Gasteiger charge is -2.29. The van der Waals surface area contributed by atoms with Gasteiger partial charge in [0.05, 0.1) is 6.42 Å². The minimum Gasteiger partial charge on any atom is -0.481 e. The fourth-order valence-electron chi connectivity index (χ4n) is 2.63. The second-order valence-corrected chi connectivity index (χ2v) is 6.29. The third-order valence-corrected chi connectivity index (χ3v) is 3.94. The molecule has 22 heavy (non-hydrogen) atoms. The highest BCUT2D eigenvalue weighted by atomic mass is 16.4. The van der Waals surface area contributed by atoms with Gasteiger partial charge in [-0.2, -0.15) is 0 Å². The van der Waals surface area contributed by atoms with Crippen molar-refractivity contribution in [2.24, 2.45) is 5.92 Å².